The summed E-state index contributed by atoms with van der Waals surface area (Å²) in [6.07, 6.45) is 0.566. The molecule has 1 saturated heterocycles. The number of carbonyl (C=O) groups is 2. The number of nitrogens with one attached hydrogen (secondary N) is 1. The predicted molar refractivity (Wildman–Crippen MR) is 58.2 cm³/mol. The molecule has 5 nitrogen and oxygen atoms in total. The number of carboxylic acids is 1. The molecule has 2 atom stereocenters. The van der Waals surface area contributed by atoms with Crippen molar-refractivity contribution in [2.24, 2.45) is 5.92 Å². The molecule has 0 saturated carbocycles. The average Bonchev–Trinajstić information content (AvgIpc) is 2.74. The molecule has 1 aromatic rings. The minimum atomic E-state index is -0.921. The van der Waals surface area contributed by atoms with Crippen LogP contribution in [0, 0.1) is 12.8 Å². The van der Waals surface area contributed by atoms with E-state index in [0.717, 1.165) is 10.7 Å². The highest BCUT2D eigenvalue weighted by molar-refractivity contribution is 7.09. The van der Waals surface area contributed by atoms with E-state index < -0.39 is 11.9 Å². The lowest BCUT2D eigenvalue weighted by Gasteiger charge is -2.13. The van der Waals surface area contributed by atoms with Crippen LogP contribution in [0.15, 0.2) is 5.38 Å². The smallest absolute Gasteiger partial charge is 0.309 e. The molecule has 0 bridgehead atoms. The standard InChI is InChI=1S/C10H12N2O3S/c1-5-11-6(4-16-5)2-8-7(10(14)15)3-9(13)12-8/h4,7-8H,2-3H2,1H3,(H,12,13)(H,14,15). The summed E-state index contributed by atoms with van der Waals surface area (Å²) in [7, 11) is 0. The van der Waals surface area contributed by atoms with Crippen molar-refractivity contribution in [1.29, 1.82) is 0 Å². The number of aliphatic carboxylic acids is 1. The molecule has 1 fully saturated rings. The Morgan fingerprint density at radius 1 is 1.75 bits per heavy atom. The second-order valence-electron chi connectivity index (χ2n) is 3.88. The Kier molecular flexibility index (Phi) is 2.91. The number of carbonyl (C=O) groups excluding carboxylic acids is 1. The van der Waals surface area contributed by atoms with Gasteiger partial charge in [-0.2, -0.15) is 0 Å². The maximum Gasteiger partial charge on any atom is 0.309 e. The summed E-state index contributed by atoms with van der Waals surface area (Å²) in [6, 6.07) is -0.327. The minimum absolute atomic E-state index is 0.0725. The molecular formula is C10H12N2O3S. The van der Waals surface area contributed by atoms with E-state index >= 15 is 0 Å². The quantitative estimate of drug-likeness (QED) is 0.810. The minimum Gasteiger partial charge on any atom is -0.481 e. The zero-order valence-corrected chi connectivity index (χ0v) is 9.58. The highest BCUT2D eigenvalue weighted by Crippen LogP contribution is 2.21. The molecule has 2 rings (SSSR count). The summed E-state index contributed by atoms with van der Waals surface area (Å²) in [5, 5.41) is 14.5. The van der Waals surface area contributed by atoms with Crippen molar-refractivity contribution in [3.05, 3.63) is 16.1 Å². The van der Waals surface area contributed by atoms with Crippen LogP contribution in [0.1, 0.15) is 17.1 Å². The van der Waals surface area contributed by atoms with Crippen molar-refractivity contribution < 1.29 is 14.7 Å². The maximum atomic E-state index is 11.2. The van der Waals surface area contributed by atoms with E-state index in [1.165, 1.54) is 11.3 Å². The van der Waals surface area contributed by atoms with Crippen LogP contribution in [0.25, 0.3) is 0 Å². The molecule has 0 aromatic carbocycles. The summed E-state index contributed by atoms with van der Waals surface area (Å²) in [4.78, 5) is 26.4. The van der Waals surface area contributed by atoms with E-state index in [9.17, 15) is 9.59 Å². The SMILES string of the molecule is Cc1nc(CC2NC(=O)CC2C(=O)O)cs1. The van der Waals surface area contributed by atoms with Gasteiger partial charge in [-0.3, -0.25) is 9.59 Å². The van der Waals surface area contributed by atoms with Gasteiger partial charge in [0.05, 0.1) is 16.6 Å². The van der Waals surface area contributed by atoms with E-state index in [0.29, 0.717) is 6.42 Å². The Labute approximate surface area is 96.5 Å². The second-order valence-corrected chi connectivity index (χ2v) is 4.95. The van der Waals surface area contributed by atoms with Crippen LogP contribution in [-0.2, 0) is 16.0 Å². The number of thiazole rings is 1. The first-order valence-electron chi connectivity index (χ1n) is 4.99. The molecule has 2 unspecified atom stereocenters. The van der Waals surface area contributed by atoms with Gasteiger partial charge in [-0.1, -0.05) is 0 Å². The number of aryl methyl sites for hydroxylation is 1. The molecule has 1 amide bonds. The third-order valence-electron chi connectivity index (χ3n) is 2.65. The van der Waals surface area contributed by atoms with Crippen LogP contribution >= 0.6 is 11.3 Å². The third kappa shape index (κ3) is 2.21. The summed E-state index contributed by atoms with van der Waals surface area (Å²) < 4.78 is 0. The Morgan fingerprint density at radius 3 is 3.06 bits per heavy atom. The number of hydrogen-bond acceptors (Lipinski definition) is 4. The van der Waals surface area contributed by atoms with E-state index in [2.05, 4.69) is 10.3 Å². The van der Waals surface area contributed by atoms with Gasteiger partial charge in [0.2, 0.25) is 5.91 Å². The van der Waals surface area contributed by atoms with Crippen molar-refractivity contribution in [2.45, 2.75) is 25.8 Å². The van der Waals surface area contributed by atoms with Crippen LogP contribution in [0.2, 0.25) is 0 Å². The van der Waals surface area contributed by atoms with Gasteiger partial charge >= 0.3 is 5.97 Å². The largest absolute Gasteiger partial charge is 0.481 e. The first-order valence-corrected chi connectivity index (χ1v) is 5.87. The van der Waals surface area contributed by atoms with E-state index in [-0.39, 0.29) is 18.4 Å². The highest BCUT2D eigenvalue weighted by atomic mass is 32.1. The molecule has 86 valence electrons. The van der Waals surface area contributed by atoms with E-state index in [1.54, 1.807) is 0 Å². The van der Waals surface area contributed by atoms with E-state index in [4.69, 9.17) is 5.11 Å². The van der Waals surface area contributed by atoms with Crippen LogP contribution in [0.4, 0.5) is 0 Å². The Bertz CT molecular complexity index is 429. The molecule has 0 radical (unpaired) electrons. The predicted octanol–water partition coefficient (Wildman–Crippen LogP) is 0.583. The van der Waals surface area contributed by atoms with E-state index in [1.807, 2.05) is 12.3 Å². The molecular weight excluding hydrogens is 228 g/mol. The van der Waals surface area contributed by atoms with Crippen LogP contribution in [0.3, 0.4) is 0 Å². The normalized spacial score (nSPS) is 24.4. The lowest BCUT2D eigenvalue weighted by atomic mass is 9.97. The molecule has 2 N–H and O–H groups in total. The fourth-order valence-corrected chi connectivity index (χ4v) is 2.51. The molecule has 2 heterocycles. The van der Waals surface area contributed by atoms with Gasteiger partial charge in [-0.15, -0.1) is 11.3 Å². The first-order chi connectivity index (χ1) is 7.56. The van der Waals surface area contributed by atoms with Gasteiger partial charge in [-0.25, -0.2) is 4.98 Å². The first kappa shape index (κ1) is 11.1. The topological polar surface area (TPSA) is 79.3 Å². The van der Waals surface area contributed by atoms with Gasteiger partial charge in [0.25, 0.3) is 0 Å². The summed E-state index contributed by atoms with van der Waals surface area (Å²) in [5.41, 5.74) is 0.848. The number of aromatic nitrogens is 1. The maximum absolute atomic E-state index is 11.2. The Balaban J connectivity index is 2.08. The molecule has 1 aromatic heterocycles. The molecule has 0 spiro atoms. The lowest BCUT2D eigenvalue weighted by molar-refractivity contribution is -0.142. The number of hydrogen-bond donors (Lipinski definition) is 2. The number of rotatable bonds is 3. The van der Waals surface area contributed by atoms with Gasteiger partial charge in [-0.05, 0) is 6.92 Å². The second kappa shape index (κ2) is 4.21. The molecule has 1 aliphatic rings. The van der Waals surface area contributed by atoms with Crippen molar-refractivity contribution >= 4 is 23.2 Å². The fourth-order valence-electron chi connectivity index (χ4n) is 1.89. The van der Waals surface area contributed by atoms with Gasteiger partial charge in [0.1, 0.15) is 0 Å². The van der Waals surface area contributed by atoms with Crippen LogP contribution in [0.5, 0.6) is 0 Å². The number of nitrogens with zero attached hydrogens (tertiary/aromatic N) is 1. The lowest BCUT2D eigenvalue weighted by Crippen LogP contribution is -2.34. The summed E-state index contributed by atoms with van der Waals surface area (Å²) in [6.45, 7) is 1.90. The van der Waals surface area contributed by atoms with Crippen molar-refractivity contribution in [3.63, 3.8) is 0 Å². The van der Waals surface area contributed by atoms with Crippen LogP contribution < -0.4 is 5.32 Å². The van der Waals surface area contributed by atoms with Crippen molar-refractivity contribution in [2.75, 3.05) is 0 Å². The summed E-state index contributed by atoms with van der Waals surface area (Å²) in [5.74, 6) is -1.74. The number of carboxylic acid groups (broad SMARTS) is 1. The Morgan fingerprint density at radius 2 is 2.50 bits per heavy atom. The molecule has 6 heteroatoms. The third-order valence-corrected chi connectivity index (χ3v) is 3.47. The van der Waals surface area contributed by atoms with Crippen LogP contribution in [-0.4, -0.2) is 28.0 Å². The van der Waals surface area contributed by atoms with Crippen molar-refractivity contribution in [3.8, 4) is 0 Å². The van der Waals surface area contributed by atoms with Crippen molar-refractivity contribution in [1.82, 2.24) is 10.3 Å². The summed E-state index contributed by atoms with van der Waals surface area (Å²) >= 11 is 1.53. The fraction of sp³-hybridized carbons (Fsp3) is 0.500. The molecule has 1 aliphatic heterocycles. The zero-order valence-electron chi connectivity index (χ0n) is 8.77. The monoisotopic (exact) mass is 240 g/mol. The highest BCUT2D eigenvalue weighted by Gasteiger charge is 2.37. The molecule has 16 heavy (non-hydrogen) atoms. The average molecular weight is 240 g/mol. The van der Waals surface area contributed by atoms with Gasteiger partial charge < -0.3 is 10.4 Å². The van der Waals surface area contributed by atoms with Gasteiger partial charge in [0.15, 0.2) is 0 Å². The Hall–Kier alpha value is -1.43. The zero-order chi connectivity index (χ0) is 11.7. The molecule has 0 aliphatic carbocycles. The van der Waals surface area contributed by atoms with Gasteiger partial charge in [0, 0.05) is 24.3 Å². The number of amides is 1.